The fourth-order valence-electron chi connectivity index (χ4n) is 2.60. The number of imide groups is 1. The second kappa shape index (κ2) is 6.96. The van der Waals surface area contributed by atoms with Crippen LogP contribution in [0.15, 0.2) is 29.2 Å². The van der Waals surface area contributed by atoms with Crippen LogP contribution in [-0.2, 0) is 4.79 Å². The van der Waals surface area contributed by atoms with Gasteiger partial charge in [0.1, 0.15) is 11.9 Å². The van der Waals surface area contributed by atoms with E-state index in [1.807, 2.05) is 24.3 Å². The Morgan fingerprint density at radius 3 is 2.46 bits per heavy atom. The number of carbonyl (C=O) groups excluding carboxylic acids is 3. The van der Waals surface area contributed by atoms with Crippen LogP contribution in [0.1, 0.15) is 18.4 Å². The molecule has 1 aromatic carbocycles. The smallest absolute Gasteiger partial charge is 0.314 e. The fraction of sp³-hybridized carbons (Fsp3) is 0.312. The lowest BCUT2D eigenvalue weighted by Crippen LogP contribution is -2.44. The lowest BCUT2D eigenvalue weighted by molar-refractivity contribution is -0.115. The molecule has 2 aliphatic rings. The first-order valence-corrected chi connectivity index (χ1v) is 8.39. The van der Waals surface area contributed by atoms with Crippen molar-refractivity contribution in [1.82, 2.24) is 10.2 Å². The van der Waals surface area contributed by atoms with Crippen LogP contribution in [-0.4, -0.2) is 41.3 Å². The number of primary amides is 1. The standard InChI is InChI=1S/C16H17N3O4S/c17-15(21)19-7-5-12(6-8-19)23-11-3-1-10(2-4-11)9-13-14(20)18-16(22)24-13/h1-4,9,12H,5-8H2,(H2,17,21)(H,18,20,22)/b13-9-. The molecule has 3 rings (SSSR count). The summed E-state index contributed by atoms with van der Waals surface area (Å²) in [5.74, 6) is 0.362. The van der Waals surface area contributed by atoms with E-state index in [-0.39, 0.29) is 17.3 Å². The summed E-state index contributed by atoms with van der Waals surface area (Å²) in [6.45, 7) is 1.20. The number of rotatable bonds is 3. The maximum absolute atomic E-state index is 11.5. The Morgan fingerprint density at radius 2 is 1.92 bits per heavy atom. The van der Waals surface area contributed by atoms with Crippen LogP contribution in [0.5, 0.6) is 5.75 Å². The third kappa shape index (κ3) is 3.88. The van der Waals surface area contributed by atoms with E-state index in [1.165, 1.54) is 0 Å². The van der Waals surface area contributed by atoms with Crippen molar-refractivity contribution in [3.8, 4) is 5.75 Å². The number of nitrogens with zero attached hydrogens (tertiary/aromatic N) is 1. The molecule has 2 heterocycles. The normalized spacial score (nSPS) is 20.3. The van der Waals surface area contributed by atoms with Crippen molar-refractivity contribution in [3.63, 3.8) is 0 Å². The second-order valence-electron chi connectivity index (χ2n) is 5.56. The molecule has 2 saturated heterocycles. The highest BCUT2D eigenvalue weighted by Gasteiger charge is 2.25. The zero-order valence-electron chi connectivity index (χ0n) is 12.9. The Kier molecular flexibility index (Phi) is 4.75. The van der Waals surface area contributed by atoms with Crippen molar-refractivity contribution < 1.29 is 19.1 Å². The quantitative estimate of drug-likeness (QED) is 0.814. The Bertz CT molecular complexity index is 694. The second-order valence-corrected chi connectivity index (χ2v) is 6.58. The molecule has 8 heteroatoms. The SMILES string of the molecule is NC(=O)N1CCC(Oc2ccc(/C=C3\SC(=O)NC3=O)cc2)CC1. The summed E-state index contributed by atoms with van der Waals surface area (Å²) in [5.41, 5.74) is 6.07. The van der Waals surface area contributed by atoms with E-state index >= 15 is 0 Å². The molecule has 7 nitrogen and oxygen atoms in total. The lowest BCUT2D eigenvalue weighted by Gasteiger charge is -2.31. The van der Waals surface area contributed by atoms with E-state index in [4.69, 9.17) is 10.5 Å². The van der Waals surface area contributed by atoms with E-state index in [1.54, 1.807) is 11.0 Å². The topological polar surface area (TPSA) is 102 Å². The average molecular weight is 347 g/mol. The van der Waals surface area contributed by atoms with Gasteiger partial charge in [0.15, 0.2) is 0 Å². The van der Waals surface area contributed by atoms with Gasteiger partial charge in [0.05, 0.1) is 4.91 Å². The molecule has 2 aliphatic heterocycles. The van der Waals surface area contributed by atoms with Crippen LogP contribution in [0, 0.1) is 0 Å². The van der Waals surface area contributed by atoms with Gasteiger partial charge in [-0.2, -0.15) is 0 Å². The Labute approximate surface area is 143 Å². The molecule has 0 aromatic heterocycles. The highest BCUT2D eigenvalue weighted by molar-refractivity contribution is 8.18. The number of benzene rings is 1. The molecule has 0 saturated carbocycles. The highest BCUT2D eigenvalue weighted by Crippen LogP contribution is 2.26. The summed E-state index contributed by atoms with van der Waals surface area (Å²) in [6.07, 6.45) is 3.21. The number of ether oxygens (including phenoxy) is 1. The number of thioether (sulfide) groups is 1. The number of nitrogens with one attached hydrogen (secondary N) is 1. The van der Waals surface area contributed by atoms with Gasteiger partial charge in [-0.1, -0.05) is 12.1 Å². The van der Waals surface area contributed by atoms with Gasteiger partial charge in [-0.15, -0.1) is 0 Å². The third-order valence-electron chi connectivity index (χ3n) is 3.88. The number of nitrogens with two attached hydrogens (primary N) is 1. The molecule has 0 aliphatic carbocycles. The van der Waals surface area contributed by atoms with Crippen molar-refractivity contribution >= 4 is 35.0 Å². The van der Waals surface area contributed by atoms with E-state index < -0.39 is 6.03 Å². The molecule has 0 spiro atoms. The Morgan fingerprint density at radius 1 is 1.25 bits per heavy atom. The summed E-state index contributed by atoms with van der Waals surface area (Å²) in [4.78, 5) is 35.7. The lowest BCUT2D eigenvalue weighted by atomic mass is 10.1. The van der Waals surface area contributed by atoms with Gasteiger partial charge in [-0.25, -0.2) is 4.79 Å². The first kappa shape index (κ1) is 16.4. The van der Waals surface area contributed by atoms with Crippen molar-refractivity contribution in [2.45, 2.75) is 18.9 Å². The number of piperidine rings is 1. The molecule has 4 amide bonds. The van der Waals surface area contributed by atoms with Crippen LogP contribution in [0.25, 0.3) is 6.08 Å². The summed E-state index contributed by atoms with van der Waals surface area (Å²) in [7, 11) is 0. The first-order valence-electron chi connectivity index (χ1n) is 7.57. The summed E-state index contributed by atoms with van der Waals surface area (Å²) >= 11 is 0.892. The number of likely N-dealkylation sites (tertiary alicyclic amines) is 1. The Hall–Kier alpha value is -2.48. The molecule has 2 fully saturated rings. The van der Waals surface area contributed by atoms with E-state index in [9.17, 15) is 14.4 Å². The van der Waals surface area contributed by atoms with E-state index in [0.29, 0.717) is 18.0 Å². The number of amides is 4. The molecular weight excluding hydrogens is 330 g/mol. The molecule has 0 bridgehead atoms. The summed E-state index contributed by atoms with van der Waals surface area (Å²) < 4.78 is 5.91. The first-order chi connectivity index (χ1) is 11.5. The van der Waals surface area contributed by atoms with Crippen LogP contribution >= 0.6 is 11.8 Å². The molecule has 3 N–H and O–H groups in total. The highest BCUT2D eigenvalue weighted by atomic mass is 32.2. The average Bonchev–Trinajstić information content (AvgIpc) is 2.87. The minimum atomic E-state index is -0.391. The molecule has 126 valence electrons. The molecule has 24 heavy (non-hydrogen) atoms. The van der Waals surface area contributed by atoms with Gasteiger partial charge in [0, 0.05) is 25.9 Å². The minimum absolute atomic E-state index is 0.0543. The summed E-state index contributed by atoms with van der Waals surface area (Å²) in [6, 6.07) is 6.92. The maximum atomic E-state index is 11.5. The zero-order valence-corrected chi connectivity index (χ0v) is 13.7. The van der Waals surface area contributed by atoms with Gasteiger partial charge in [-0.05, 0) is 35.5 Å². The minimum Gasteiger partial charge on any atom is -0.490 e. The predicted molar refractivity (Wildman–Crippen MR) is 90.4 cm³/mol. The molecule has 0 radical (unpaired) electrons. The molecule has 1 aromatic rings. The number of hydrogen-bond donors (Lipinski definition) is 2. The number of urea groups is 1. The van der Waals surface area contributed by atoms with Crippen LogP contribution in [0.3, 0.4) is 0 Å². The van der Waals surface area contributed by atoms with Crippen molar-refractivity contribution in [3.05, 3.63) is 34.7 Å². The van der Waals surface area contributed by atoms with Gasteiger partial charge >= 0.3 is 6.03 Å². The molecule has 0 unspecified atom stereocenters. The zero-order chi connectivity index (χ0) is 17.1. The van der Waals surface area contributed by atoms with Gasteiger partial charge in [0.25, 0.3) is 11.1 Å². The number of carbonyl (C=O) groups is 3. The Balaban J connectivity index is 1.57. The maximum Gasteiger partial charge on any atom is 0.314 e. The largest absolute Gasteiger partial charge is 0.490 e. The van der Waals surface area contributed by atoms with Crippen LogP contribution < -0.4 is 15.8 Å². The van der Waals surface area contributed by atoms with Gasteiger partial charge in [-0.3, -0.25) is 14.9 Å². The van der Waals surface area contributed by atoms with Crippen molar-refractivity contribution in [1.29, 1.82) is 0 Å². The van der Waals surface area contributed by atoms with Crippen molar-refractivity contribution in [2.75, 3.05) is 13.1 Å². The fourth-order valence-corrected chi connectivity index (χ4v) is 3.28. The van der Waals surface area contributed by atoms with Crippen molar-refractivity contribution in [2.24, 2.45) is 5.73 Å². The van der Waals surface area contributed by atoms with Crippen LogP contribution in [0.4, 0.5) is 9.59 Å². The van der Waals surface area contributed by atoms with Crippen LogP contribution in [0.2, 0.25) is 0 Å². The third-order valence-corrected chi connectivity index (χ3v) is 4.69. The molecule has 0 atom stereocenters. The molecular formula is C16H17N3O4S. The number of hydrogen-bond acceptors (Lipinski definition) is 5. The predicted octanol–water partition coefficient (Wildman–Crippen LogP) is 1.93. The van der Waals surface area contributed by atoms with E-state index in [2.05, 4.69) is 5.32 Å². The monoisotopic (exact) mass is 347 g/mol. The van der Waals surface area contributed by atoms with E-state index in [0.717, 1.165) is 35.9 Å². The van der Waals surface area contributed by atoms with Gasteiger partial charge in [0.2, 0.25) is 0 Å². The summed E-state index contributed by atoms with van der Waals surface area (Å²) in [5, 5.41) is 1.87. The van der Waals surface area contributed by atoms with Gasteiger partial charge < -0.3 is 15.4 Å².